The molecule has 5 nitrogen and oxygen atoms in total. The minimum absolute atomic E-state index is 0.0609. The average Bonchev–Trinajstić information content (AvgIpc) is 2.47. The Bertz CT molecular complexity index is 542. The molecule has 1 unspecified atom stereocenters. The van der Waals surface area contributed by atoms with Gasteiger partial charge < -0.3 is 15.5 Å². The third-order valence-electron chi connectivity index (χ3n) is 3.75. The van der Waals surface area contributed by atoms with E-state index in [1.807, 2.05) is 39.0 Å². The van der Waals surface area contributed by atoms with Crippen molar-refractivity contribution in [1.82, 2.24) is 10.2 Å². The number of nitrogens with zero attached hydrogens (tertiary/aromatic N) is 1. The number of carbonyl (C=O) groups excluding carboxylic acids is 2. The van der Waals surface area contributed by atoms with Gasteiger partial charge in [0.1, 0.15) is 6.04 Å². The average molecular weight is 289 g/mol. The molecule has 1 aromatic carbocycles. The van der Waals surface area contributed by atoms with Gasteiger partial charge in [0.25, 0.3) is 5.91 Å². The Morgan fingerprint density at radius 1 is 1.43 bits per heavy atom. The molecule has 0 saturated carbocycles. The van der Waals surface area contributed by atoms with Gasteiger partial charge in [0.05, 0.1) is 5.56 Å². The summed E-state index contributed by atoms with van der Waals surface area (Å²) in [4.78, 5) is 26.4. The molecule has 1 atom stereocenters. The number of benzene rings is 1. The number of rotatable bonds is 4. The summed E-state index contributed by atoms with van der Waals surface area (Å²) in [6.07, 6.45) is 0.625. The second kappa shape index (κ2) is 6.61. The first kappa shape index (κ1) is 15.4. The van der Waals surface area contributed by atoms with Crippen LogP contribution in [0.3, 0.4) is 0 Å². The maximum atomic E-state index is 12.8. The van der Waals surface area contributed by atoms with Gasteiger partial charge in [-0.05, 0) is 38.0 Å². The van der Waals surface area contributed by atoms with Crippen LogP contribution in [0.4, 0.5) is 5.69 Å². The lowest BCUT2D eigenvalue weighted by Crippen LogP contribution is -2.57. The summed E-state index contributed by atoms with van der Waals surface area (Å²) < 4.78 is 0. The quantitative estimate of drug-likeness (QED) is 0.888. The highest BCUT2D eigenvalue weighted by Gasteiger charge is 2.32. The Hall–Kier alpha value is -2.04. The Balaban J connectivity index is 2.32. The van der Waals surface area contributed by atoms with Crippen molar-refractivity contribution in [2.24, 2.45) is 0 Å². The maximum absolute atomic E-state index is 12.8. The Morgan fingerprint density at radius 2 is 2.19 bits per heavy atom. The first-order valence-corrected chi connectivity index (χ1v) is 7.51. The summed E-state index contributed by atoms with van der Waals surface area (Å²) in [5.74, 6) is -0.137. The molecule has 1 heterocycles. The van der Waals surface area contributed by atoms with Crippen LogP contribution in [0, 0.1) is 6.92 Å². The van der Waals surface area contributed by atoms with Crippen molar-refractivity contribution in [3.05, 3.63) is 29.3 Å². The van der Waals surface area contributed by atoms with E-state index in [-0.39, 0.29) is 17.9 Å². The lowest BCUT2D eigenvalue weighted by Gasteiger charge is -2.35. The molecule has 0 spiro atoms. The van der Waals surface area contributed by atoms with Crippen LogP contribution in [-0.2, 0) is 4.79 Å². The molecular weight excluding hydrogens is 266 g/mol. The lowest BCUT2D eigenvalue weighted by atomic mass is 10.0. The molecule has 2 rings (SSSR count). The minimum Gasteiger partial charge on any atom is -0.385 e. The molecule has 0 aliphatic carbocycles. The van der Waals surface area contributed by atoms with Crippen LogP contribution >= 0.6 is 0 Å². The van der Waals surface area contributed by atoms with Gasteiger partial charge in [0, 0.05) is 25.3 Å². The number of aryl methyl sites for hydroxylation is 1. The smallest absolute Gasteiger partial charge is 0.256 e. The van der Waals surface area contributed by atoms with Gasteiger partial charge in [0.15, 0.2) is 0 Å². The summed E-state index contributed by atoms with van der Waals surface area (Å²) in [7, 11) is 0. The minimum atomic E-state index is -0.373. The fourth-order valence-corrected chi connectivity index (χ4v) is 2.70. The van der Waals surface area contributed by atoms with Crippen LogP contribution in [0.2, 0.25) is 0 Å². The Kier molecular flexibility index (Phi) is 4.83. The molecule has 114 valence electrons. The molecule has 0 radical (unpaired) electrons. The van der Waals surface area contributed by atoms with Crippen LogP contribution in [0.5, 0.6) is 0 Å². The van der Waals surface area contributed by atoms with Crippen molar-refractivity contribution in [3.63, 3.8) is 0 Å². The third kappa shape index (κ3) is 3.17. The van der Waals surface area contributed by atoms with E-state index in [0.29, 0.717) is 25.1 Å². The van der Waals surface area contributed by atoms with Crippen LogP contribution in [-0.4, -0.2) is 42.4 Å². The zero-order valence-corrected chi connectivity index (χ0v) is 12.9. The highest BCUT2D eigenvalue weighted by molar-refractivity contribution is 6.02. The first-order chi connectivity index (χ1) is 10.1. The van der Waals surface area contributed by atoms with Crippen LogP contribution < -0.4 is 10.6 Å². The molecule has 1 aliphatic rings. The van der Waals surface area contributed by atoms with Crippen LogP contribution in [0.25, 0.3) is 0 Å². The Morgan fingerprint density at radius 3 is 2.86 bits per heavy atom. The number of hydrogen-bond acceptors (Lipinski definition) is 3. The van der Waals surface area contributed by atoms with Crippen molar-refractivity contribution in [3.8, 4) is 0 Å². The summed E-state index contributed by atoms with van der Waals surface area (Å²) >= 11 is 0. The zero-order valence-electron chi connectivity index (χ0n) is 12.9. The van der Waals surface area contributed by atoms with Crippen LogP contribution in [0.1, 0.15) is 36.2 Å². The van der Waals surface area contributed by atoms with Gasteiger partial charge in [-0.2, -0.15) is 0 Å². The van der Waals surface area contributed by atoms with Gasteiger partial charge in [-0.15, -0.1) is 0 Å². The molecule has 1 aromatic rings. The largest absolute Gasteiger partial charge is 0.385 e. The first-order valence-electron chi connectivity index (χ1n) is 7.51. The molecule has 1 aliphatic heterocycles. The highest BCUT2D eigenvalue weighted by Crippen LogP contribution is 2.22. The summed E-state index contributed by atoms with van der Waals surface area (Å²) in [5, 5.41) is 6.05. The van der Waals surface area contributed by atoms with Gasteiger partial charge in [-0.3, -0.25) is 9.59 Å². The van der Waals surface area contributed by atoms with E-state index >= 15 is 0 Å². The van der Waals surface area contributed by atoms with Crippen molar-refractivity contribution in [2.75, 3.05) is 25.0 Å². The molecule has 1 saturated heterocycles. The summed E-state index contributed by atoms with van der Waals surface area (Å²) in [6.45, 7) is 7.75. The van der Waals surface area contributed by atoms with E-state index in [1.54, 1.807) is 4.90 Å². The second-order valence-electron chi connectivity index (χ2n) is 5.29. The molecule has 1 fully saturated rings. The predicted octanol–water partition coefficient (Wildman–Crippen LogP) is 1.78. The lowest BCUT2D eigenvalue weighted by molar-refractivity contribution is -0.127. The van der Waals surface area contributed by atoms with Gasteiger partial charge in [-0.1, -0.05) is 13.0 Å². The van der Waals surface area contributed by atoms with Crippen molar-refractivity contribution in [1.29, 1.82) is 0 Å². The van der Waals surface area contributed by atoms with Crippen LogP contribution in [0.15, 0.2) is 18.2 Å². The molecule has 5 heteroatoms. The molecule has 21 heavy (non-hydrogen) atoms. The van der Waals surface area contributed by atoms with E-state index < -0.39 is 0 Å². The highest BCUT2D eigenvalue weighted by atomic mass is 16.2. The Labute approximate surface area is 125 Å². The summed E-state index contributed by atoms with van der Waals surface area (Å²) in [5.41, 5.74) is 2.57. The standard InChI is InChI=1S/C16H23N3O2/c1-4-14-15(20)18-8-9-19(14)16(21)12-7-6-11(3)10-13(12)17-5-2/h6-7,10,14,17H,4-5,8-9H2,1-3H3,(H,18,20). The number of nitrogens with one attached hydrogen (secondary N) is 2. The normalized spacial score (nSPS) is 18.3. The molecular formula is C16H23N3O2. The van der Waals surface area contributed by atoms with E-state index in [9.17, 15) is 9.59 Å². The van der Waals surface area contributed by atoms with Gasteiger partial charge in [-0.25, -0.2) is 0 Å². The fourth-order valence-electron chi connectivity index (χ4n) is 2.70. The number of amides is 2. The van der Waals surface area contributed by atoms with Crippen molar-refractivity contribution in [2.45, 2.75) is 33.2 Å². The number of hydrogen-bond donors (Lipinski definition) is 2. The summed E-state index contributed by atoms with van der Waals surface area (Å²) in [6, 6.07) is 5.37. The number of carbonyl (C=O) groups is 2. The molecule has 2 amide bonds. The monoisotopic (exact) mass is 289 g/mol. The zero-order chi connectivity index (χ0) is 15.4. The van der Waals surface area contributed by atoms with E-state index in [1.165, 1.54) is 0 Å². The topological polar surface area (TPSA) is 61.4 Å². The predicted molar refractivity (Wildman–Crippen MR) is 83.5 cm³/mol. The number of anilines is 1. The maximum Gasteiger partial charge on any atom is 0.256 e. The molecule has 0 aromatic heterocycles. The SMILES string of the molecule is CCNc1cc(C)ccc1C(=O)N1CCNC(=O)C1CC. The van der Waals surface area contributed by atoms with Gasteiger partial charge in [0.2, 0.25) is 5.91 Å². The van der Waals surface area contributed by atoms with Crippen molar-refractivity contribution >= 4 is 17.5 Å². The molecule has 2 N–H and O–H groups in total. The number of piperazine rings is 1. The third-order valence-corrected chi connectivity index (χ3v) is 3.75. The van der Waals surface area contributed by atoms with Gasteiger partial charge >= 0.3 is 0 Å². The van der Waals surface area contributed by atoms with E-state index in [2.05, 4.69) is 10.6 Å². The van der Waals surface area contributed by atoms with E-state index in [0.717, 1.165) is 17.8 Å². The second-order valence-corrected chi connectivity index (χ2v) is 5.29. The van der Waals surface area contributed by atoms with Crippen molar-refractivity contribution < 1.29 is 9.59 Å². The van der Waals surface area contributed by atoms with E-state index in [4.69, 9.17) is 0 Å². The molecule has 0 bridgehead atoms. The fraction of sp³-hybridized carbons (Fsp3) is 0.500.